The summed E-state index contributed by atoms with van der Waals surface area (Å²) in [5.41, 5.74) is 7.32. The van der Waals surface area contributed by atoms with Crippen molar-refractivity contribution in [3.05, 3.63) is 65.5 Å². The van der Waals surface area contributed by atoms with Crippen molar-refractivity contribution in [1.82, 2.24) is 0 Å². The van der Waals surface area contributed by atoms with Crippen LogP contribution >= 0.6 is 0 Å². The van der Waals surface area contributed by atoms with Crippen molar-refractivity contribution in [2.75, 3.05) is 5.73 Å². The second kappa shape index (κ2) is 5.45. The van der Waals surface area contributed by atoms with E-state index in [0.29, 0.717) is 23.2 Å². The van der Waals surface area contributed by atoms with Gasteiger partial charge in [0.15, 0.2) is 5.78 Å². The summed E-state index contributed by atoms with van der Waals surface area (Å²) in [6.07, 6.45) is 0.685. The normalized spacial score (nSPS) is 10.3. The summed E-state index contributed by atoms with van der Waals surface area (Å²) in [7, 11) is 0. The van der Waals surface area contributed by atoms with Crippen molar-refractivity contribution in [3.8, 4) is 0 Å². The van der Waals surface area contributed by atoms with Crippen molar-refractivity contribution in [1.29, 1.82) is 0 Å². The van der Waals surface area contributed by atoms with E-state index in [-0.39, 0.29) is 18.0 Å². The Labute approximate surface area is 105 Å². The molecule has 18 heavy (non-hydrogen) atoms. The zero-order valence-corrected chi connectivity index (χ0v) is 9.90. The summed E-state index contributed by atoms with van der Waals surface area (Å²) in [5.74, 6) is -0.288. The second-order valence-electron chi connectivity index (χ2n) is 4.14. The summed E-state index contributed by atoms with van der Waals surface area (Å²) >= 11 is 0. The van der Waals surface area contributed by atoms with Crippen LogP contribution in [0.2, 0.25) is 0 Å². The number of hydrogen-bond acceptors (Lipinski definition) is 2. The van der Waals surface area contributed by atoms with Crippen molar-refractivity contribution >= 4 is 11.5 Å². The second-order valence-corrected chi connectivity index (χ2v) is 4.14. The molecule has 2 aromatic rings. The van der Waals surface area contributed by atoms with Crippen molar-refractivity contribution in [3.63, 3.8) is 0 Å². The number of hydrogen-bond donors (Lipinski definition) is 1. The van der Waals surface area contributed by atoms with Gasteiger partial charge in [-0.25, -0.2) is 4.39 Å². The van der Waals surface area contributed by atoms with Crippen LogP contribution in [0.1, 0.15) is 22.3 Å². The number of aryl methyl sites for hydroxylation is 1. The van der Waals surface area contributed by atoms with Gasteiger partial charge in [-0.3, -0.25) is 4.79 Å². The topological polar surface area (TPSA) is 43.1 Å². The van der Waals surface area contributed by atoms with Crippen LogP contribution < -0.4 is 5.73 Å². The van der Waals surface area contributed by atoms with Crippen LogP contribution in [0.3, 0.4) is 0 Å². The highest BCUT2D eigenvalue weighted by molar-refractivity contribution is 5.96. The Bertz CT molecular complexity index is 566. The predicted octanol–water partition coefficient (Wildman–Crippen LogP) is 3.22. The van der Waals surface area contributed by atoms with Gasteiger partial charge in [0.25, 0.3) is 0 Å². The lowest BCUT2D eigenvalue weighted by atomic mass is 10.0. The standard InChI is InChI=1S/C15H14FNO/c16-14-7-2-1-4-11(14)8-9-15(18)12-5-3-6-13(17)10-12/h1-7,10H,8-9,17H2. The Morgan fingerprint density at radius 3 is 2.61 bits per heavy atom. The molecule has 0 aliphatic rings. The van der Waals surface area contributed by atoms with E-state index in [9.17, 15) is 9.18 Å². The monoisotopic (exact) mass is 243 g/mol. The first kappa shape index (κ1) is 12.3. The van der Waals surface area contributed by atoms with Gasteiger partial charge >= 0.3 is 0 Å². The number of benzene rings is 2. The van der Waals surface area contributed by atoms with Gasteiger partial charge in [-0.15, -0.1) is 0 Å². The van der Waals surface area contributed by atoms with Crippen LogP contribution in [0.15, 0.2) is 48.5 Å². The lowest BCUT2D eigenvalue weighted by molar-refractivity contribution is 0.0982. The molecule has 2 N–H and O–H groups in total. The molecule has 0 aliphatic carbocycles. The fourth-order valence-corrected chi connectivity index (χ4v) is 1.81. The van der Waals surface area contributed by atoms with E-state index in [1.807, 2.05) is 0 Å². The largest absolute Gasteiger partial charge is 0.399 e. The molecule has 92 valence electrons. The number of carbonyl (C=O) groups excluding carboxylic acids is 1. The number of rotatable bonds is 4. The van der Waals surface area contributed by atoms with Crippen molar-refractivity contribution in [2.24, 2.45) is 0 Å². The third-order valence-electron chi connectivity index (χ3n) is 2.79. The number of halogens is 1. The number of nitrogen functional groups attached to an aromatic ring is 1. The SMILES string of the molecule is Nc1cccc(C(=O)CCc2ccccc2F)c1. The van der Waals surface area contributed by atoms with E-state index in [1.165, 1.54) is 6.07 Å². The summed E-state index contributed by atoms with van der Waals surface area (Å²) < 4.78 is 13.4. The van der Waals surface area contributed by atoms with E-state index >= 15 is 0 Å². The van der Waals surface area contributed by atoms with Gasteiger partial charge < -0.3 is 5.73 Å². The summed E-state index contributed by atoms with van der Waals surface area (Å²) in [5, 5.41) is 0. The molecule has 0 spiro atoms. The number of ketones is 1. The molecule has 0 saturated heterocycles. The Kier molecular flexibility index (Phi) is 3.72. The summed E-state index contributed by atoms with van der Waals surface area (Å²) in [6.45, 7) is 0. The van der Waals surface area contributed by atoms with Crippen LogP contribution in [0.25, 0.3) is 0 Å². The van der Waals surface area contributed by atoms with Gasteiger partial charge in [0, 0.05) is 17.7 Å². The van der Waals surface area contributed by atoms with Gasteiger partial charge in [0.2, 0.25) is 0 Å². The Hall–Kier alpha value is -2.16. The Balaban J connectivity index is 2.03. The molecule has 0 saturated carbocycles. The van der Waals surface area contributed by atoms with Gasteiger partial charge in [0.1, 0.15) is 5.82 Å². The van der Waals surface area contributed by atoms with Gasteiger partial charge in [0.05, 0.1) is 0 Å². The zero-order chi connectivity index (χ0) is 13.0. The quantitative estimate of drug-likeness (QED) is 0.661. The molecule has 0 atom stereocenters. The minimum atomic E-state index is -0.266. The molecule has 0 fully saturated rings. The van der Waals surface area contributed by atoms with E-state index in [4.69, 9.17) is 5.73 Å². The van der Waals surface area contributed by atoms with Crippen molar-refractivity contribution in [2.45, 2.75) is 12.8 Å². The Morgan fingerprint density at radius 1 is 1.11 bits per heavy atom. The molecule has 2 nitrogen and oxygen atoms in total. The minimum Gasteiger partial charge on any atom is -0.399 e. The fraction of sp³-hybridized carbons (Fsp3) is 0.133. The third kappa shape index (κ3) is 2.94. The zero-order valence-electron chi connectivity index (χ0n) is 9.90. The first-order valence-electron chi connectivity index (χ1n) is 5.79. The van der Waals surface area contributed by atoms with Crippen LogP contribution in [-0.4, -0.2) is 5.78 Å². The highest BCUT2D eigenvalue weighted by Gasteiger charge is 2.08. The summed E-state index contributed by atoms with van der Waals surface area (Å²) in [4.78, 5) is 11.9. The molecule has 0 bridgehead atoms. The number of Topliss-reactive ketones (excluding diaryl/α,β-unsaturated/α-hetero) is 1. The van der Waals surface area contributed by atoms with Crippen LogP contribution in [0.5, 0.6) is 0 Å². The van der Waals surface area contributed by atoms with E-state index in [1.54, 1.807) is 42.5 Å². The number of nitrogens with two attached hydrogens (primary N) is 1. The molecule has 0 amide bonds. The lowest BCUT2D eigenvalue weighted by Crippen LogP contribution is -2.03. The van der Waals surface area contributed by atoms with E-state index < -0.39 is 0 Å². The lowest BCUT2D eigenvalue weighted by Gasteiger charge is -2.03. The van der Waals surface area contributed by atoms with Crippen LogP contribution in [0.4, 0.5) is 10.1 Å². The first-order chi connectivity index (χ1) is 8.66. The van der Waals surface area contributed by atoms with E-state index in [0.717, 1.165) is 0 Å². The highest BCUT2D eigenvalue weighted by atomic mass is 19.1. The van der Waals surface area contributed by atoms with Crippen molar-refractivity contribution < 1.29 is 9.18 Å². The molecule has 0 unspecified atom stereocenters. The maximum absolute atomic E-state index is 13.4. The molecule has 0 aliphatic heterocycles. The highest BCUT2D eigenvalue weighted by Crippen LogP contribution is 2.13. The molecule has 2 aromatic carbocycles. The maximum atomic E-state index is 13.4. The number of carbonyl (C=O) groups is 1. The third-order valence-corrected chi connectivity index (χ3v) is 2.79. The smallest absolute Gasteiger partial charge is 0.163 e. The van der Waals surface area contributed by atoms with E-state index in [2.05, 4.69) is 0 Å². The van der Waals surface area contributed by atoms with Gasteiger partial charge in [-0.2, -0.15) is 0 Å². The average Bonchev–Trinajstić information content (AvgIpc) is 2.37. The molecule has 0 aromatic heterocycles. The molecular formula is C15H14FNO. The average molecular weight is 243 g/mol. The van der Waals surface area contributed by atoms with Crippen LogP contribution in [0, 0.1) is 5.82 Å². The fourth-order valence-electron chi connectivity index (χ4n) is 1.81. The minimum absolute atomic E-state index is 0.0226. The molecule has 0 radical (unpaired) electrons. The first-order valence-corrected chi connectivity index (χ1v) is 5.79. The maximum Gasteiger partial charge on any atom is 0.163 e. The molecule has 2 rings (SSSR count). The predicted molar refractivity (Wildman–Crippen MR) is 69.9 cm³/mol. The molecular weight excluding hydrogens is 229 g/mol. The summed E-state index contributed by atoms with van der Waals surface area (Å²) in [6, 6.07) is 13.3. The molecule has 0 heterocycles. The van der Waals surface area contributed by atoms with Gasteiger partial charge in [-0.05, 0) is 30.2 Å². The van der Waals surface area contributed by atoms with Gasteiger partial charge in [-0.1, -0.05) is 30.3 Å². The Morgan fingerprint density at radius 2 is 1.89 bits per heavy atom. The molecule has 3 heteroatoms. The number of anilines is 1. The van der Waals surface area contributed by atoms with Crippen LogP contribution in [-0.2, 0) is 6.42 Å².